The quantitative estimate of drug-likeness (QED) is 0.846. The predicted molar refractivity (Wildman–Crippen MR) is 97.4 cm³/mol. The SMILES string of the molecule is Cc1ncn(CC2CCN(CC3CCCCN3C)CC2)c(=O)c1C. The van der Waals surface area contributed by atoms with Gasteiger partial charge in [0.2, 0.25) is 0 Å². The van der Waals surface area contributed by atoms with Crippen molar-refractivity contribution in [2.24, 2.45) is 5.92 Å². The third-order valence-corrected chi connectivity index (χ3v) is 6.07. The van der Waals surface area contributed by atoms with Gasteiger partial charge in [-0.3, -0.25) is 9.36 Å². The lowest BCUT2D eigenvalue weighted by atomic mass is 9.95. The third-order valence-electron chi connectivity index (χ3n) is 6.07. The molecule has 1 atom stereocenters. The summed E-state index contributed by atoms with van der Waals surface area (Å²) >= 11 is 0. The summed E-state index contributed by atoms with van der Waals surface area (Å²) in [6, 6.07) is 0.738. The van der Waals surface area contributed by atoms with E-state index >= 15 is 0 Å². The number of aromatic nitrogens is 2. The molecule has 3 rings (SSSR count). The lowest BCUT2D eigenvalue weighted by Crippen LogP contribution is -2.47. The van der Waals surface area contributed by atoms with Crippen molar-refractivity contribution >= 4 is 0 Å². The second-order valence-corrected chi connectivity index (χ2v) is 7.79. The van der Waals surface area contributed by atoms with Crippen LogP contribution in [0.15, 0.2) is 11.1 Å². The van der Waals surface area contributed by atoms with E-state index in [1.54, 1.807) is 6.33 Å². The molecule has 1 aromatic heterocycles. The Morgan fingerprint density at radius 3 is 2.54 bits per heavy atom. The molecule has 0 N–H and O–H groups in total. The van der Waals surface area contributed by atoms with Crippen LogP contribution in [0.25, 0.3) is 0 Å². The molecule has 24 heavy (non-hydrogen) atoms. The Labute approximate surface area is 145 Å². The van der Waals surface area contributed by atoms with Crippen LogP contribution in [0, 0.1) is 19.8 Å². The van der Waals surface area contributed by atoms with Gasteiger partial charge in [-0.25, -0.2) is 4.98 Å². The Morgan fingerprint density at radius 2 is 1.83 bits per heavy atom. The molecule has 5 nitrogen and oxygen atoms in total. The van der Waals surface area contributed by atoms with Gasteiger partial charge in [0.25, 0.3) is 5.56 Å². The first-order valence-corrected chi connectivity index (χ1v) is 9.50. The molecular weight excluding hydrogens is 300 g/mol. The van der Waals surface area contributed by atoms with Gasteiger partial charge in [0.05, 0.1) is 6.33 Å². The maximum Gasteiger partial charge on any atom is 0.256 e. The number of likely N-dealkylation sites (tertiary alicyclic amines) is 2. The van der Waals surface area contributed by atoms with Gasteiger partial charge in [0.1, 0.15) is 0 Å². The number of rotatable bonds is 4. The largest absolute Gasteiger partial charge is 0.302 e. The Balaban J connectivity index is 1.50. The van der Waals surface area contributed by atoms with Crippen molar-refractivity contribution in [1.29, 1.82) is 0 Å². The molecule has 1 unspecified atom stereocenters. The van der Waals surface area contributed by atoms with E-state index < -0.39 is 0 Å². The molecule has 1 aromatic rings. The van der Waals surface area contributed by atoms with Crippen molar-refractivity contribution in [2.45, 2.75) is 58.5 Å². The van der Waals surface area contributed by atoms with Crippen LogP contribution >= 0.6 is 0 Å². The first kappa shape index (κ1) is 17.6. The lowest BCUT2D eigenvalue weighted by molar-refractivity contribution is 0.100. The van der Waals surface area contributed by atoms with Crippen LogP contribution in [0.4, 0.5) is 0 Å². The molecule has 2 saturated heterocycles. The van der Waals surface area contributed by atoms with Crippen molar-refractivity contribution in [3.63, 3.8) is 0 Å². The average molecular weight is 332 g/mol. The molecule has 0 spiro atoms. The van der Waals surface area contributed by atoms with Gasteiger partial charge in [-0.2, -0.15) is 0 Å². The zero-order valence-corrected chi connectivity index (χ0v) is 15.5. The first-order valence-electron chi connectivity index (χ1n) is 9.50. The maximum absolute atomic E-state index is 12.3. The van der Waals surface area contributed by atoms with Crippen LogP contribution in [0.1, 0.15) is 43.4 Å². The topological polar surface area (TPSA) is 41.4 Å². The molecule has 0 aromatic carbocycles. The Bertz CT molecular complexity index is 604. The lowest BCUT2D eigenvalue weighted by Gasteiger charge is -2.39. The molecule has 134 valence electrons. The number of hydrogen-bond donors (Lipinski definition) is 0. The normalized spacial score (nSPS) is 24.4. The number of likely N-dealkylation sites (N-methyl/N-ethyl adjacent to an activating group) is 1. The van der Waals surface area contributed by atoms with Crippen molar-refractivity contribution in [3.8, 4) is 0 Å². The summed E-state index contributed by atoms with van der Waals surface area (Å²) in [5.74, 6) is 0.604. The summed E-state index contributed by atoms with van der Waals surface area (Å²) in [7, 11) is 2.27. The number of piperidine rings is 2. The smallest absolute Gasteiger partial charge is 0.256 e. The van der Waals surface area contributed by atoms with E-state index in [2.05, 4.69) is 21.8 Å². The highest BCUT2D eigenvalue weighted by molar-refractivity contribution is 5.12. The summed E-state index contributed by atoms with van der Waals surface area (Å²) in [6.45, 7) is 9.42. The van der Waals surface area contributed by atoms with Crippen LogP contribution in [-0.4, -0.2) is 58.6 Å². The van der Waals surface area contributed by atoms with Crippen molar-refractivity contribution in [3.05, 3.63) is 27.9 Å². The number of hydrogen-bond acceptors (Lipinski definition) is 4. The van der Waals surface area contributed by atoms with Gasteiger partial charge in [-0.1, -0.05) is 6.42 Å². The fourth-order valence-corrected chi connectivity index (χ4v) is 4.11. The van der Waals surface area contributed by atoms with Crippen LogP contribution in [0.2, 0.25) is 0 Å². The molecule has 5 heteroatoms. The Hall–Kier alpha value is -1.20. The van der Waals surface area contributed by atoms with Crippen LogP contribution < -0.4 is 5.56 Å². The van der Waals surface area contributed by atoms with E-state index in [4.69, 9.17) is 0 Å². The van der Waals surface area contributed by atoms with Gasteiger partial charge in [-0.05, 0) is 72.1 Å². The zero-order valence-electron chi connectivity index (χ0n) is 15.5. The number of aryl methyl sites for hydroxylation is 1. The zero-order chi connectivity index (χ0) is 17.1. The van der Waals surface area contributed by atoms with E-state index in [1.165, 1.54) is 58.3 Å². The van der Waals surface area contributed by atoms with Gasteiger partial charge in [0, 0.05) is 30.4 Å². The van der Waals surface area contributed by atoms with Gasteiger partial charge in [0.15, 0.2) is 0 Å². The van der Waals surface area contributed by atoms with E-state index in [0.717, 1.165) is 23.8 Å². The van der Waals surface area contributed by atoms with Gasteiger partial charge < -0.3 is 9.80 Å². The first-order chi connectivity index (χ1) is 11.5. The minimum atomic E-state index is 0.133. The van der Waals surface area contributed by atoms with Crippen molar-refractivity contribution in [2.75, 3.05) is 33.2 Å². The van der Waals surface area contributed by atoms with Crippen molar-refractivity contribution in [1.82, 2.24) is 19.4 Å². The minimum absolute atomic E-state index is 0.133. The fourth-order valence-electron chi connectivity index (χ4n) is 4.11. The molecular formula is C19H32N4O. The van der Waals surface area contributed by atoms with E-state index in [-0.39, 0.29) is 5.56 Å². The van der Waals surface area contributed by atoms with Crippen LogP contribution in [-0.2, 0) is 6.54 Å². The maximum atomic E-state index is 12.3. The molecule has 0 bridgehead atoms. The summed E-state index contributed by atoms with van der Waals surface area (Å²) in [4.78, 5) is 21.9. The standard InChI is InChI=1S/C19H32N4O/c1-15-16(2)20-14-23(19(15)24)12-17-7-10-22(11-8-17)13-18-6-4-5-9-21(18)3/h14,17-18H,4-13H2,1-3H3. The molecule has 2 fully saturated rings. The summed E-state index contributed by atoms with van der Waals surface area (Å²) < 4.78 is 1.82. The Morgan fingerprint density at radius 1 is 1.08 bits per heavy atom. The molecule has 2 aliphatic rings. The number of nitrogens with zero attached hydrogens (tertiary/aromatic N) is 4. The second-order valence-electron chi connectivity index (χ2n) is 7.79. The molecule has 2 aliphatic heterocycles. The van der Waals surface area contributed by atoms with E-state index in [1.807, 2.05) is 18.4 Å². The Kier molecular flexibility index (Phi) is 5.72. The highest BCUT2D eigenvalue weighted by Crippen LogP contribution is 2.22. The molecule has 0 aliphatic carbocycles. The predicted octanol–water partition coefficient (Wildman–Crippen LogP) is 2.06. The fraction of sp³-hybridized carbons (Fsp3) is 0.789. The highest BCUT2D eigenvalue weighted by Gasteiger charge is 2.25. The molecule has 0 radical (unpaired) electrons. The second kappa shape index (κ2) is 7.79. The summed E-state index contributed by atoms with van der Waals surface area (Å²) in [5.41, 5.74) is 1.77. The van der Waals surface area contributed by atoms with E-state index in [0.29, 0.717) is 5.92 Å². The van der Waals surface area contributed by atoms with Gasteiger partial charge >= 0.3 is 0 Å². The van der Waals surface area contributed by atoms with E-state index in [9.17, 15) is 4.79 Å². The monoisotopic (exact) mass is 332 g/mol. The summed E-state index contributed by atoms with van der Waals surface area (Å²) in [5, 5.41) is 0. The van der Waals surface area contributed by atoms with Crippen LogP contribution in [0.5, 0.6) is 0 Å². The summed E-state index contributed by atoms with van der Waals surface area (Å²) in [6.07, 6.45) is 8.20. The van der Waals surface area contributed by atoms with Crippen molar-refractivity contribution < 1.29 is 0 Å². The third kappa shape index (κ3) is 4.06. The average Bonchev–Trinajstić information content (AvgIpc) is 2.59. The highest BCUT2D eigenvalue weighted by atomic mass is 16.1. The van der Waals surface area contributed by atoms with Gasteiger partial charge in [-0.15, -0.1) is 0 Å². The molecule has 0 saturated carbocycles. The molecule has 0 amide bonds. The van der Waals surface area contributed by atoms with Crippen LogP contribution in [0.3, 0.4) is 0 Å². The molecule has 3 heterocycles. The minimum Gasteiger partial charge on any atom is -0.302 e.